The van der Waals surface area contributed by atoms with E-state index in [1.165, 1.54) is 17.4 Å². The normalized spacial score (nSPS) is 11.0. The molecular formula is C25H28N2O4S. The fourth-order valence-electron chi connectivity index (χ4n) is 2.88. The number of hydrogen-bond donors (Lipinski definition) is 1. The molecule has 0 aliphatic carbocycles. The summed E-state index contributed by atoms with van der Waals surface area (Å²) in [7, 11) is 3.23. The van der Waals surface area contributed by atoms with E-state index in [1.54, 1.807) is 20.3 Å². The van der Waals surface area contributed by atoms with Crippen molar-refractivity contribution in [3.63, 3.8) is 0 Å². The Balaban J connectivity index is 1.61. The van der Waals surface area contributed by atoms with Gasteiger partial charge in [-0.1, -0.05) is 32.0 Å². The summed E-state index contributed by atoms with van der Waals surface area (Å²) in [6, 6.07) is 13.2. The lowest BCUT2D eigenvalue weighted by molar-refractivity contribution is -0.111. The second-order valence-electron chi connectivity index (χ2n) is 7.53. The minimum absolute atomic E-state index is 0.257. The van der Waals surface area contributed by atoms with E-state index in [1.807, 2.05) is 47.8 Å². The summed E-state index contributed by atoms with van der Waals surface area (Å²) in [5, 5.41) is 5.24. The number of hydrogen-bond acceptors (Lipinski definition) is 6. The van der Waals surface area contributed by atoms with E-state index in [2.05, 4.69) is 24.1 Å². The second-order valence-corrected chi connectivity index (χ2v) is 8.39. The summed E-state index contributed by atoms with van der Waals surface area (Å²) in [5.74, 6) is 2.41. The number of amides is 1. The number of rotatable bonds is 10. The van der Waals surface area contributed by atoms with Crippen LogP contribution in [0.25, 0.3) is 17.3 Å². The maximum atomic E-state index is 12.4. The average Bonchev–Trinajstić information content (AvgIpc) is 3.26. The molecule has 0 aliphatic heterocycles. The monoisotopic (exact) mass is 452 g/mol. The molecule has 0 spiro atoms. The maximum Gasteiger partial charge on any atom is 0.250 e. The van der Waals surface area contributed by atoms with Crippen LogP contribution in [0, 0.1) is 5.92 Å². The van der Waals surface area contributed by atoms with Gasteiger partial charge in [-0.25, -0.2) is 4.98 Å². The third kappa shape index (κ3) is 6.59. The third-order valence-electron chi connectivity index (χ3n) is 4.67. The largest absolute Gasteiger partial charge is 0.497 e. The zero-order valence-corrected chi connectivity index (χ0v) is 19.6. The summed E-state index contributed by atoms with van der Waals surface area (Å²) in [6.07, 6.45) is 4.17. The van der Waals surface area contributed by atoms with Crippen molar-refractivity contribution in [1.29, 1.82) is 0 Å². The van der Waals surface area contributed by atoms with E-state index in [-0.39, 0.29) is 5.91 Å². The lowest BCUT2D eigenvalue weighted by Gasteiger charge is -2.12. The molecule has 1 heterocycles. The van der Waals surface area contributed by atoms with Crippen LogP contribution in [0.2, 0.25) is 0 Å². The topological polar surface area (TPSA) is 69.7 Å². The summed E-state index contributed by atoms with van der Waals surface area (Å²) >= 11 is 1.37. The van der Waals surface area contributed by atoms with Gasteiger partial charge in [0, 0.05) is 17.0 Å². The zero-order valence-electron chi connectivity index (χ0n) is 18.8. The Bertz CT molecular complexity index is 1080. The standard InChI is InChI=1S/C25H28N2O4S/c1-17(2)12-13-31-22-10-8-18(14-23(22)30-4)9-11-24(28)27-25-26-21(16-32-25)19-6-5-7-20(15-19)29-3/h5-11,14-17H,12-13H2,1-4H3,(H,26,27,28)/b11-9+. The van der Waals surface area contributed by atoms with E-state index in [0.717, 1.165) is 29.0 Å². The van der Waals surface area contributed by atoms with Crippen molar-refractivity contribution in [3.05, 3.63) is 59.5 Å². The van der Waals surface area contributed by atoms with Crippen LogP contribution < -0.4 is 19.5 Å². The van der Waals surface area contributed by atoms with Crippen molar-refractivity contribution in [3.8, 4) is 28.5 Å². The quantitative estimate of drug-likeness (QED) is 0.388. The number of nitrogens with zero attached hydrogens (tertiary/aromatic N) is 1. The Morgan fingerprint density at radius 2 is 1.97 bits per heavy atom. The van der Waals surface area contributed by atoms with Crippen LogP contribution >= 0.6 is 11.3 Å². The average molecular weight is 453 g/mol. The van der Waals surface area contributed by atoms with Crippen LogP contribution in [0.4, 0.5) is 5.13 Å². The number of benzene rings is 2. The number of carbonyl (C=O) groups excluding carboxylic acids is 1. The molecule has 0 aliphatic rings. The number of nitrogens with one attached hydrogen (secondary N) is 1. The lowest BCUT2D eigenvalue weighted by atomic mass is 10.1. The molecule has 168 valence electrons. The molecule has 0 unspecified atom stereocenters. The molecular weight excluding hydrogens is 424 g/mol. The van der Waals surface area contributed by atoms with E-state index in [9.17, 15) is 4.79 Å². The van der Waals surface area contributed by atoms with Crippen molar-refractivity contribution in [2.75, 3.05) is 26.1 Å². The number of ether oxygens (including phenoxy) is 3. The molecule has 3 rings (SSSR count). The van der Waals surface area contributed by atoms with E-state index < -0.39 is 0 Å². The van der Waals surface area contributed by atoms with Crippen molar-refractivity contribution in [2.45, 2.75) is 20.3 Å². The van der Waals surface area contributed by atoms with Crippen LogP contribution in [0.15, 0.2) is 53.9 Å². The van der Waals surface area contributed by atoms with Crippen molar-refractivity contribution < 1.29 is 19.0 Å². The Labute approximate surface area is 192 Å². The molecule has 3 aromatic rings. The molecule has 0 saturated carbocycles. The zero-order chi connectivity index (χ0) is 22.9. The van der Waals surface area contributed by atoms with E-state index in [0.29, 0.717) is 29.2 Å². The van der Waals surface area contributed by atoms with Gasteiger partial charge < -0.3 is 14.2 Å². The van der Waals surface area contributed by atoms with E-state index >= 15 is 0 Å². The Morgan fingerprint density at radius 1 is 1.12 bits per heavy atom. The van der Waals surface area contributed by atoms with Gasteiger partial charge in [-0.15, -0.1) is 11.3 Å². The summed E-state index contributed by atoms with van der Waals surface area (Å²) < 4.78 is 16.5. The first-order valence-electron chi connectivity index (χ1n) is 10.4. The van der Waals surface area contributed by atoms with Crippen molar-refractivity contribution in [1.82, 2.24) is 4.98 Å². The SMILES string of the molecule is COc1cccc(-c2csc(NC(=O)/C=C/c3ccc(OCCC(C)C)c(OC)c3)n2)c1. The minimum atomic E-state index is -0.257. The van der Waals surface area contributed by atoms with Gasteiger partial charge in [0.2, 0.25) is 5.91 Å². The molecule has 6 nitrogen and oxygen atoms in total. The number of methoxy groups -OCH3 is 2. The predicted octanol–water partition coefficient (Wildman–Crippen LogP) is 5.90. The van der Waals surface area contributed by atoms with Gasteiger partial charge in [0.25, 0.3) is 0 Å². The highest BCUT2D eigenvalue weighted by atomic mass is 32.1. The molecule has 1 aromatic heterocycles. The lowest BCUT2D eigenvalue weighted by Crippen LogP contribution is -2.07. The van der Waals surface area contributed by atoms with Crippen LogP contribution in [-0.4, -0.2) is 31.7 Å². The molecule has 0 fully saturated rings. The van der Waals surface area contributed by atoms with Gasteiger partial charge in [0.05, 0.1) is 26.5 Å². The Kier molecular flexibility index (Phi) is 8.27. The van der Waals surface area contributed by atoms with Gasteiger partial charge in [-0.3, -0.25) is 10.1 Å². The maximum absolute atomic E-state index is 12.4. The highest BCUT2D eigenvalue weighted by molar-refractivity contribution is 7.14. The Hall–Kier alpha value is -3.32. The van der Waals surface area contributed by atoms with Crippen LogP contribution in [-0.2, 0) is 4.79 Å². The van der Waals surface area contributed by atoms with Crippen LogP contribution in [0.5, 0.6) is 17.2 Å². The smallest absolute Gasteiger partial charge is 0.250 e. The highest BCUT2D eigenvalue weighted by Gasteiger charge is 2.08. The molecule has 0 atom stereocenters. The molecule has 1 amide bonds. The minimum Gasteiger partial charge on any atom is -0.497 e. The first-order chi connectivity index (χ1) is 15.5. The fraction of sp³-hybridized carbons (Fsp3) is 0.280. The number of aromatic nitrogens is 1. The summed E-state index contributed by atoms with van der Waals surface area (Å²) in [6.45, 7) is 4.95. The van der Waals surface area contributed by atoms with Gasteiger partial charge >= 0.3 is 0 Å². The summed E-state index contributed by atoms with van der Waals surface area (Å²) in [4.78, 5) is 16.8. The molecule has 7 heteroatoms. The Morgan fingerprint density at radius 3 is 2.72 bits per heavy atom. The van der Waals surface area contributed by atoms with Gasteiger partial charge in [-0.05, 0) is 48.2 Å². The van der Waals surface area contributed by atoms with Crippen LogP contribution in [0.3, 0.4) is 0 Å². The molecule has 32 heavy (non-hydrogen) atoms. The second kappa shape index (κ2) is 11.3. The molecule has 0 bridgehead atoms. The fourth-order valence-corrected chi connectivity index (χ4v) is 3.60. The third-order valence-corrected chi connectivity index (χ3v) is 5.43. The summed E-state index contributed by atoms with van der Waals surface area (Å²) in [5.41, 5.74) is 2.55. The highest BCUT2D eigenvalue weighted by Crippen LogP contribution is 2.29. The molecule has 0 saturated heterocycles. The predicted molar refractivity (Wildman–Crippen MR) is 130 cm³/mol. The molecule has 1 N–H and O–H groups in total. The number of carbonyl (C=O) groups is 1. The first-order valence-corrected chi connectivity index (χ1v) is 11.3. The number of anilines is 1. The van der Waals surface area contributed by atoms with Gasteiger partial charge in [0.1, 0.15) is 5.75 Å². The van der Waals surface area contributed by atoms with Gasteiger partial charge in [-0.2, -0.15) is 0 Å². The van der Waals surface area contributed by atoms with Gasteiger partial charge in [0.15, 0.2) is 16.6 Å². The van der Waals surface area contributed by atoms with Crippen molar-refractivity contribution >= 4 is 28.5 Å². The first kappa shape index (κ1) is 23.3. The van der Waals surface area contributed by atoms with Crippen LogP contribution in [0.1, 0.15) is 25.8 Å². The molecule has 0 radical (unpaired) electrons. The number of thiazole rings is 1. The molecule has 2 aromatic carbocycles. The van der Waals surface area contributed by atoms with E-state index in [4.69, 9.17) is 14.2 Å². The van der Waals surface area contributed by atoms with Crippen molar-refractivity contribution in [2.24, 2.45) is 5.92 Å².